The molecule has 1 aromatic heterocycles. The van der Waals surface area contributed by atoms with Crippen molar-refractivity contribution >= 4 is 22.5 Å². The van der Waals surface area contributed by atoms with Crippen LogP contribution >= 0.6 is 11.6 Å². The van der Waals surface area contributed by atoms with Crippen molar-refractivity contribution < 1.29 is 4.39 Å². The van der Waals surface area contributed by atoms with E-state index in [2.05, 4.69) is 0 Å². The fourth-order valence-electron chi connectivity index (χ4n) is 3.12. The summed E-state index contributed by atoms with van der Waals surface area (Å²) in [6, 6.07) is 17.4. The Balaban J connectivity index is 0.000000807. The van der Waals surface area contributed by atoms with Crippen LogP contribution in [0.3, 0.4) is 0 Å². The van der Waals surface area contributed by atoms with Crippen molar-refractivity contribution in [2.45, 2.75) is 41.5 Å². The van der Waals surface area contributed by atoms with E-state index in [0.29, 0.717) is 33.0 Å². The fraction of sp³-hybridized carbons (Fsp3) is 0.231. The Morgan fingerprint density at radius 2 is 1.55 bits per heavy atom. The highest BCUT2D eigenvalue weighted by Crippen LogP contribution is 2.26. The first-order valence-electron chi connectivity index (χ1n) is 10.5. The third-order valence-corrected chi connectivity index (χ3v) is 4.87. The summed E-state index contributed by atoms with van der Waals surface area (Å²) in [6.45, 7) is 11.6. The maximum absolute atomic E-state index is 14.2. The number of nitrogens with zero attached hydrogens (tertiary/aromatic N) is 2. The second-order valence-corrected chi connectivity index (χ2v) is 6.92. The Morgan fingerprint density at radius 1 is 0.871 bits per heavy atom. The zero-order chi connectivity index (χ0) is 23.1. The fourth-order valence-corrected chi connectivity index (χ4v) is 3.29. The van der Waals surface area contributed by atoms with Gasteiger partial charge in [0.1, 0.15) is 11.6 Å². The van der Waals surface area contributed by atoms with Crippen molar-refractivity contribution in [1.82, 2.24) is 9.55 Å². The number of aromatic nitrogens is 2. The molecule has 3 nitrogen and oxygen atoms in total. The van der Waals surface area contributed by atoms with Crippen LogP contribution < -0.4 is 5.56 Å². The van der Waals surface area contributed by atoms with Gasteiger partial charge in [-0.1, -0.05) is 69.6 Å². The van der Waals surface area contributed by atoms with Crippen LogP contribution in [0.25, 0.3) is 28.0 Å². The van der Waals surface area contributed by atoms with E-state index in [1.807, 2.05) is 58.9 Å². The standard InChI is InChI=1S/C22H16ClFN2O.2C2H6/c1-13-5-3-4-6-17(13)21-25-20-11-15(23)8-10-18(20)22(27)26(21)16-9-7-14(2)19(24)12-16;2*1-2/h3-12H,1-2H3;2*1-2H3. The molecule has 0 atom stereocenters. The molecule has 4 rings (SSSR count). The Labute approximate surface area is 188 Å². The average molecular weight is 439 g/mol. The number of hydrogen-bond donors (Lipinski definition) is 0. The highest BCUT2D eigenvalue weighted by Gasteiger charge is 2.16. The molecule has 0 aliphatic carbocycles. The Morgan fingerprint density at radius 3 is 2.19 bits per heavy atom. The van der Waals surface area contributed by atoms with Crippen LogP contribution in [0.1, 0.15) is 38.8 Å². The summed E-state index contributed by atoms with van der Waals surface area (Å²) in [4.78, 5) is 18.0. The summed E-state index contributed by atoms with van der Waals surface area (Å²) < 4.78 is 15.7. The van der Waals surface area contributed by atoms with Crippen LogP contribution in [0.5, 0.6) is 0 Å². The molecule has 0 radical (unpaired) electrons. The highest BCUT2D eigenvalue weighted by molar-refractivity contribution is 6.31. The summed E-state index contributed by atoms with van der Waals surface area (Å²) in [6.07, 6.45) is 0. The van der Waals surface area contributed by atoms with Gasteiger partial charge in [0.25, 0.3) is 5.56 Å². The molecule has 3 aromatic carbocycles. The summed E-state index contributed by atoms with van der Waals surface area (Å²) >= 11 is 6.10. The average Bonchev–Trinajstić information content (AvgIpc) is 2.78. The highest BCUT2D eigenvalue weighted by atomic mass is 35.5. The van der Waals surface area contributed by atoms with Crippen LogP contribution in [0.2, 0.25) is 5.02 Å². The zero-order valence-electron chi connectivity index (χ0n) is 18.8. The van der Waals surface area contributed by atoms with Crippen molar-refractivity contribution in [2.75, 3.05) is 0 Å². The minimum Gasteiger partial charge on any atom is -0.268 e. The maximum atomic E-state index is 14.2. The number of hydrogen-bond acceptors (Lipinski definition) is 2. The molecule has 0 saturated carbocycles. The molecule has 0 fully saturated rings. The monoisotopic (exact) mass is 438 g/mol. The predicted octanol–water partition coefficient (Wildman–Crippen LogP) is 7.51. The van der Waals surface area contributed by atoms with Gasteiger partial charge in [-0.15, -0.1) is 0 Å². The minimum absolute atomic E-state index is 0.266. The predicted molar refractivity (Wildman–Crippen MR) is 130 cm³/mol. The summed E-state index contributed by atoms with van der Waals surface area (Å²) in [7, 11) is 0. The van der Waals surface area contributed by atoms with Gasteiger partial charge >= 0.3 is 0 Å². The summed E-state index contributed by atoms with van der Waals surface area (Å²) in [5.74, 6) is 0.0856. The molecule has 0 aliphatic rings. The number of benzene rings is 3. The summed E-state index contributed by atoms with van der Waals surface area (Å²) in [5, 5.41) is 0.932. The molecule has 162 valence electrons. The number of fused-ring (bicyclic) bond motifs is 1. The molecule has 5 heteroatoms. The number of halogens is 2. The molecule has 0 amide bonds. The van der Waals surface area contributed by atoms with Gasteiger partial charge < -0.3 is 0 Å². The zero-order valence-corrected chi connectivity index (χ0v) is 19.6. The lowest BCUT2D eigenvalue weighted by atomic mass is 10.1. The van der Waals surface area contributed by atoms with E-state index in [0.717, 1.165) is 11.1 Å². The van der Waals surface area contributed by atoms with Crippen molar-refractivity contribution in [3.05, 3.63) is 93.0 Å². The molecule has 0 spiro atoms. The topological polar surface area (TPSA) is 34.9 Å². The van der Waals surface area contributed by atoms with E-state index >= 15 is 0 Å². The molecule has 0 N–H and O–H groups in total. The molecule has 4 aromatic rings. The van der Waals surface area contributed by atoms with E-state index in [4.69, 9.17) is 16.6 Å². The molecular formula is C26H28ClFN2O. The quantitative estimate of drug-likeness (QED) is 0.324. The first-order valence-corrected chi connectivity index (χ1v) is 10.9. The van der Waals surface area contributed by atoms with Gasteiger partial charge in [0.2, 0.25) is 0 Å². The van der Waals surface area contributed by atoms with E-state index in [1.54, 1.807) is 37.3 Å². The van der Waals surface area contributed by atoms with Gasteiger partial charge in [0.05, 0.1) is 16.6 Å². The van der Waals surface area contributed by atoms with Gasteiger partial charge in [-0.05, 0) is 55.3 Å². The van der Waals surface area contributed by atoms with E-state index in [-0.39, 0.29) is 11.4 Å². The Hall–Kier alpha value is -2.98. The van der Waals surface area contributed by atoms with Crippen LogP contribution in [-0.4, -0.2) is 9.55 Å². The Bertz CT molecular complexity index is 1250. The first kappa shape index (κ1) is 24.3. The number of rotatable bonds is 2. The Kier molecular flexibility index (Phi) is 8.52. The maximum Gasteiger partial charge on any atom is 0.266 e. The van der Waals surface area contributed by atoms with E-state index in [1.165, 1.54) is 10.6 Å². The third-order valence-electron chi connectivity index (χ3n) is 4.63. The van der Waals surface area contributed by atoms with Crippen molar-refractivity contribution in [1.29, 1.82) is 0 Å². The van der Waals surface area contributed by atoms with Gasteiger partial charge in [-0.2, -0.15) is 0 Å². The summed E-state index contributed by atoms with van der Waals surface area (Å²) in [5.41, 5.74) is 2.97. The van der Waals surface area contributed by atoms with E-state index < -0.39 is 0 Å². The first-order chi connectivity index (χ1) is 15.0. The van der Waals surface area contributed by atoms with Crippen LogP contribution in [0.4, 0.5) is 4.39 Å². The van der Waals surface area contributed by atoms with E-state index in [9.17, 15) is 9.18 Å². The third kappa shape index (κ3) is 5.02. The smallest absolute Gasteiger partial charge is 0.266 e. The van der Waals surface area contributed by atoms with Crippen LogP contribution in [0.15, 0.2) is 65.5 Å². The minimum atomic E-state index is -0.369. The van der Waals surface area contributed by atoms with Gasteiger partial charge in [-0.25, -0.2) is 9.37 Å². The lowest BCUT2D eigenvalue weighted by Crippen LogP contribution is -2.22. The lowest BCUT2D eigenvalue weighted by molar-refractivity contribution is 0.617. The van der Waals surface area contributed by atoms with Gasteiger partial charge in [-0.3, -0.25) is 9.36 Å². The van der Waals surface area contributed by atoms with Crippen LogP contribution in [0, 0.1) is 19.7 Å². The molecule has 0 bridgehead atoms. The van der Waals surface area contributed by atoms with Crippen molar-refractivity contribution in [3.8, 4) is 17.1 Å². The second kappa shape index (κ2) is 10.9. The van der Waals surface area contributed by atoms with Gasteiger partial charge in [0.15, 0.2) is 0 Å². The van der Waals surface area contributed by atoms with Crippen molar-refractivity contribution in [2.24, 2.45) is 0 Å². The second-order valence-electron chi connectivity index (χ2n) is 6.49. The number of aryl methyl sites for hydroxylation is 2. The molecule has 0 aliphatic heterocycles. The largest absolute Gasteiger partial charge is 0.268 e. The molecule has 0 unspecified atom stereocenters. The molecular weight excluding hydrogens is 411 g/mol. The SMILES string of the molecule is CC.CC.Cc1ccc(-n2c(-c3ccccc3C)nc3cc(Cl)ccc3c2=O)cc1F. The van der Waals surface area contributed by atoms with Crippen LogP contribution in [-0.2, 0) is 0 Å². The van der Waals surface area contributed by atoms with Crippen molar-refractivity contribution in [3.63, 3.8) is 0 Å². The normalized spacial score (nSPS) is 10.1. The molecule has 0 saturated heterocycles. The molecule has 31 heavy (non-hydrogen) atoms. The molecule has 1 heterocycles. The van der Waals surface area contributed by atoms with Gasteiger partial charge in [0, 0.05) is 10.6 Å². The lowest BCUT2D eigenvalue weighted by Gasteiger charge is -2.16.